The van der Waals surface area contributed by atoms with Crippen molar-refractivity contribution in [3.63, 3.8) is 0 Å². The first-order chi connectivity index (χ1) is 19.4. The molecular weight excluding hydrogens is 557 g/mol. The second-order valence-electron chi connectivity index (χ2n) is 10.7. The monoisotopic (exact) mass is 588 g/mol. The van der Waals surface area contributed by atoms with Gasteiger partial charge in [0, 0.05) is 18.2 Å². The molecule has 2 fully saturated rings. The van der Waals surface area contributed by atoms with Crippen LogP contribution in [-0.2, 0) is 21.0 Å². The molecule has 1 saturated carbocycles. The molecule has 4 unspecified atom stereocenters. The number of pyridine rings is 2. The fourth-order valence-corrected chi connectivity index (χ4v) is 7.20. The molecule has 218 valence electrons. The Morgan fingerprint density at radius 3 is 2.54 bits per heavy atom. The lowest BCUT2D eigenvalue weighted by atomic mass is 9.59. The zero-order valence-electron chi connectivity index (χ0n) is 22.6. The highest BCUT2D eigenvalue weighted by molar-refractivity contribution is 7.92. The molecule has 3 heterocycles. The number of alkyl halides is 3. The quantitative estimate of drug-likeness (QED) is 0.333. The molecule has 1 saturated heterocycles. The summed E-state index contributed by atoms with van der Waals surface area (Å²) >= 11 is 0. The normalized spacial score (nSPS) is 22.5. The molecule has 4 atom stereocenters. The third-order valence-corrected chi connectivity index (χ3v) is 9.44. The summed E-state index contributed by atoms with van der Waals surface area (Å²) in [5, 5.41) is 9.38. The van der Waals surface area contributed by atoms with Crippen LogP contribution in [0.2, 0.25) is 0 Å². The first kappa shape index (κ1) is 28.8. The van der Waals surface area contributed by atoms with Crippen molar-refractivity contribution in [2.45, 2.75) is 56.8 Å². The third kappa shape index (κ3) is 5.61. The molecule has 2 aromatic heterocycles. The molecule has 0 bridgehead atoms. The third-order valence-electron chi connectivity index (χ3n) is 8.18. The molecule has 2 aliphatic rings. The standard InChI is InChI=1S/C29H31F3N4O4S/c1-3-7-18-14-15-36(22-16-20(26(18)22)28(37)38)24-10-6-11-25(34-24)41(39,40)35-23-13-12-21(29(30,31)32)27(33-23)19-9-5-4-8-17(19)2/h4-6,8-13,18,20,22,26H,3,7,14-16H2,1-2H3,(H,33,35)(H,37,38). The van der Waals surface area contributed by atoms with E-state index in [1.165, 1.54) is 12.1 Å². The van der Waals surface area contributed by atoms with Crippen molar-refractivity contribution in [2.24, 2.45) is 17.8 Å². The molecule has 0 amide bonds. The van der Waals surface area contributed by atoms with Crippen LogP contribution in [0.25, 0.3) is 11.3 Å². The van der Waals surface area contributed by atoms with Crippen molar-refractivity contribution in [2.75, 3.05) is 16.2 Å². The maximum atomic E-state index is 13.8. The van der Waals surface area contributed by atoms with Crippen molar-refractivity contribution in [1.29, 1.82) is 0 Å². The molecule has 5 rings (SSSR count). The lowest BCUT2D eigenvalue weighted by molar-refractivity contribution is -0.152. The van der Waals surface area contributed by atoms with Crippen molar-refractivity contribution >= 4 is 27.6 Å². The largest absolute Gasteiger partial charge is 0.481 e. The second-order valence-corrected chi connectivity index (χ2v) is 12.3. The number of aryl methyl sites for hydroxylation is 1. The number of sulfonamides is 1. The number of carboxylic acids is 1. The average Bonchev–Trinajstić information content (AvgIpc) is 2.89. The Labute approximate surface area is 236 Å². The van der Waals surface area contributed by atoms with Gasteiger partial charge in [-0.3, -0.25) is 9.52 Å². The predicted molar refractivity (Wildman–Crippen MR) is 148 cm³/mol. The first-order valence-electron chi connectivity index (χ1n) is 13.5. The number of nitrogens with one attached hydrogen (secondary N) is 1. The minimum absolute atomic E-state index is 0.0300. The molecule has 0 radical (unpaired) electrons. The van der Waals surface area contributed by atoms with E-state index in [2.05, 4.69) is 21.6 Å². The molecule has 1 aliphatic heterocycles. The number of piperidine rings is 1. The molecule has 12 heteroatoms. The number of nitrogens with zero attached hydrogens (tertiary/aromatic N) is 3. The van der Waals surface area contributed by atoms with Crippen LogP contribution in [-0.4, -0.2) is 42.0 Å². The maximum absolute atomic E-state index is 13.8. The fourth-order valence-electron chi connectivity index (χ4n) is 6.24. The van der Waals surface area contributed by atoms with Crippen LogP contribution in [0.3, 0.4) is 0 Å². The summed E-state index contributed by atoms with van der Waals surface area (Å²) < 4.78 is 70.4. The number of carboxylic acid groups (broad SMARTS) is 1. The Morgan fingerprint density at radius 2 is 1.85 bits per heavy atom. The smallest absolute Gasteiger partial charge is 0.418 e. The minimum atomic E-state index is -4.69. The predicted octanol–water partition coefficient (Wildman–Crippen LogP) is 5.99. The van der Waals surface area contributed by atoms with Crippen LogP contribution in [0.1, 0.15) is 43.7 Å². The minimum Gasteiger partial charge on any atom is -0.481 e. The van der Waals surface area contributed by atoms with E-state index in [9.17, 15) is 31.5 Å². The Morgan fingerprint density at radius 1 is 1.10 bits per heavy atom. The number of halogens is 3. The van der Waals surface area contributed by atoms with Crippen LogP contribution >= 0.6 is 0 Å². The van der Waals surface area contributed by atoms with Crippen LogP contribution in [0, 0.1) is 24.7 Å². The van der Waals surface area contributed by atoms with Crippen molar-refractivity contribution < 1.29 is 31.5 Å². The molecule has 3 aromatic rings. The summed E-state index contributed by atoms with van der Waals surface area (Å²) in [6.45, 7) is 4.36. The lowest BCUT2D eigenvalue weighted by Gasteiger charge is -2.56. The number of rotatable bonds is 8. The summed E-state index contributed by atoms with van der Waals surface area (Å²) in [4.78, 5) is 22.3. The average molecular weight is 589 g/mol. The Bertz CT molecular complexity index is 1560. The van der Waals surface area contributed by atoms with E-state index in [1.807, 2.05) is 4.90 Å². The van der Waals surface area contributed by atoms with E-state index in [0.717, 1.165) is 31.4 Å². The van der Waals surface area contributed by atoms with E-state index in [-0.39, 0.29) is 40.0 Å². The van der Waals surface area contributed by atoms with Crippen molar-refractivity contribution in [3.05, 3.63) is 65.7 Å². The lowest BCUT2D eigenvalue weighted by Crippen LogP contribution is -2.61. The van der Waals surface area contributed by atoms with Gasteiger partial charge in [0.25, 0.3) is 10.0 Å². The van der Waals surface area contributed by atoms with Crippen LogP contribution in [0.4, 0.5) is 24.8 Å². The Kier molecular flexibility index (Phi) is 7.71. The van der Waals surface area contributed by atoms with Crippen LogP contribution in [0.5, 0.6) is 0 Å². The van der Waals surface area contributed by atoms with Crippen molar-refractivity contribution in [3.8, 4) is 11.3 Å². The Hall–Kier alpha value is -3.67. The van der Waals surface area contributed by atoms with Gasteiger partial charge in [-0.2, -0.15) is 21.6 Å². The second kappa shape index (κ2) is 11.0. The number of hydrogen-bond acceptors (Lipinski definition) is 6. The van der Waals surface area contributed by atoms with E-state index in [1.54, 1.807) is 37.3 Å². The number of benzene rings is 1. The number of anilines is 2. The van der Waals surface area contributed by atoms with Crippen molar-refractivity contribution in [1.82, 2.24) is 9.97 Å². The SMILES string of the molecule is CCCC1CCN(c2cccc(S(=O)(=O)Nc3ccc(C(F)(F)F)c(-c4ccccc4C)n3)n2)C2CC(C(=O)O)C12. The molecule has 0 spiro atoms. The summed E-state index contributed by atoms with van der Waals surface area (Å²) in [5.41, 5.74) is -0.559. The summed E-state index contributed by atoms with van der Waals surface area (Å²) in [6.07, 6.45) is -1.54. The van der Waals surface area contributed by atoms with Gasteiger partial charge in [0.2, 0.25) is 0 Å². The highest BCUT2D eigenvalue weighted by Crippen LogP contribution is 2.50. The highest BCUT2D eigenvalue weighted by atomic mass is 32.2. The van der Waals surface area contributed by atoms with Gasteiger partial charge < -0.3 is 10.0 Å². The molecule has 41 heavy (non-hydrogen) atoms. The number of hydrogen-bond donors (Lipinski definition) is 2. The first-order valence-corrected chi connectivity index (χ1v) is 15.0. The molecule has 8 nitrogen and oxygen atoms in total. The number of aliphatic carboxylic acids is 1. The summed E-state index contributed by atoms with van der Waals surface area (Å²) in [6, 6.07) is 12.7. The van der Waals surface area contributed by atoms with E-state index in [0.29, 0.717) is 24.3 Å². The van der Waals surface area contributed by atoms with Gasteiger partial charge in [-0.1, -0.05) is 50.1 Å². The van der Waals surface area contributed by atoms with Gasteiger partial charge in [0.15, 0.2) is 5.03 Å². The van der Waals surface area contributed by atoms with Gasteiger partial charge in [-0.15, -0.1) is 0 Å². The molecule has 2 N–H and O–H groups in total. The highest BCUT2D eigenvalue weighted by Gasteiger charge is 2.53. The van der Waals surface area contributed by atoms with Gasteiger partial charge in [0.05, 0.1) is 17.2 Å². The van der Waals surface area contributed by atoms with E-state index < -0.39 is 33.7 Å². The topological polar surface area (TPSA) is 112 Å². The molecule has 1 aromatic carbocycles. The zero-order valence-corrected chi connectivity index (χ0v) is 23.4. The fraction of sp³-hybridized carbons (Fsp3) is 0.414. The van der Waals surface area contributed by atoms with Gasteiger partial charge in [-0.25, -0.2) is 9.97 Å². The van der Waals surface area contributed by atoms with Gasteiger partial charge in [-0.05, 0) is 61.4 Å². The maximum Gasteiger partial charge on any atom is 0.418 e. The number of carbonyl (C=O) groups is 1. The number of fused-ring (bicyclic) bond motifs is 1. The molecular formula is C29H31F3N4O4S. The van der Waals surface area contributed by atoms with Crippen LogP contribution < -0.4 is 9.62 Å². The van der Waals surface area contributed by atoms with Gasteiger partial charge >= 0.3 is 12.1 Å². The number of aromatic nitrogens is 2. The Balaban J connectivity index is 1.43. The summed E-state index contributed by atoms with van der Waals surface area (Å²) in [5.74, 6) is -0.830. The van der Waals surface area contributed by atoms with E-state index in [4.69, 9.17) is 0 Å². The summed E-state index contributed by atoms with van der Waals surface area (Å²) in [7, 11) is -4.31. The molecule has 1 aliphatic carbocycles. The van der Waals surface area contributed by atoms with E-state index >= 15 is 0 Å². The zero-order chi connectivity index (χ0) is 29.5. The van der Waals surface area contributed by atoms with Crippen LogP contribution in [0.15, 0.2) is 59.6 Å². The van der Waals surface area contributed by atoms with Gasteiger partial charge in [0.1, 0.15) is 11.6 Å².